The smallest absolute Gasteiger partial charge is 0.244 e. The standard InChI is InChI=1S/C13H16N6/c1-13(2,3)17-12-16-11(15)19(18-12)10-6-4-9(8-14)5-7-10/h4-7H,1-3H3,(H3,15,16,17,18). The third kappa shape index (κ3) is 3.01. The molecule has 0 atom stereocenters. The van der Waals surface area contributed by atoms with Crippen LogP contribution in [0.3, 0.4) is 0 Å². The first-order valence-electron chi connectivity index (χ1n) is 5.90. The molecule has 0 saturated heterocycles. The van der Waals surface area contributed by atoms with Crippen molar-refractivity contribution in [1.29, 1.82) is 5.26 Å². The predicted octanol–water partition coefficient (Wildman–Crippen LogP) is 1.93. The average molecular weight is 256 g/mol. The van der Waals surface area contributed by atoms with Crippen molar-refractivity contribution in [3.8, 4) is 11.8 Å². The number of aromatic nitrogens is 3. The van der Waals surface area contributed by atoms with Gasteiger partial charge in [-0.2, -0.15) is 14.9 Å². The summed E-state index contributed by atoms with van der Waals surface area (Å²) in [5, 5.41) is 16.2. The minimum absolute atomic E-state index is 0.136. The zero-order chi connectivity index (χ0) is 14.0. The van der Waals surface area contributed by atoms with Crippen LogP contribution in [0, 0.1) is 11.3 Å². The molecule has 0 amide bonds. The van der Waals surface area contributed by atoms with Crippen LogP contribution in [0.15, 0.2) is 24.3 Å². The molecule has 1 aromatic carbocycles. The van der Waals surface area contributed by atoms with Crippen LogP contribution >= 0.6 is 0 Å². The van der Waals surface area contributed by atoms with Crippen molar-refractivity contribution in [2.75, 3.05) is 11.1 Å². The van der Waals surface area contributed by atoms with Gasteiger partial charge in [-0.3, -0.25) is 0 Å². The number of hydrogen-bond acceptors (Lipinski definition) is 5. The van der Waals surface area contributed by atoms with E-state index in [1.807, 2.05) is 20.8 Å². The fraction of sp³-hybridized carbons (Fsp3) is 0.308. The Kier molecular flexibility index (Phi) is 3.13. The number of nitriles is 1. The van der Waals surface area contributed by atoms with Crippen LogP contribution in [0.5, 0.6) is 0 Å². The molecular weight excluding hydrogens is 240 g/mol. The zero-order valence-electron chi connectivity index (χ0n) is 11.2. The van der Waals surface area contributed by atoms with Crippen molar-refractivity contribution in [2.24, 2.45) is 0 Å². The fourth-order valence-electron chi connectivity index (χ4n) is 1.58. The Morgan fingerprint density at radius 2 is 1.89 bits per heavy atom. The fourth-order valence-corrected chi connectivity index (χ4v) is 1.58. The minimum atomic E-state index is -0.136. The quantitative estimate of drug-likeness (QED) is 0.856. The Hall–Kier alpha value is -2.55. The van der Waals surface area contributed by atoms with Crippen LogP contribution in [0.1, 0.15) is 26.3 Å². The summed E-state index contributed by atoms with van der Waals surface area (Å²) in [4.78, 5) is 4.17. The van der Waals surface area contributed by atoms with Gasteiger partial charge < -0.3 is 11.1 Å². The van der Waals surface area contributed by atoms with Gasteiger partial charge in [0.2, 0.25) is 11.9 Å². The van der Waals surface area contributed by atoms with Gasteiger partial charge in [0.15, 0.2) is 0 Å². The lowest BCUT2D eigenvalue weighted by Crippen LogP contribution is -2.26. The summed E-state index contributed by atoms with van der Waals surface area (Å²) in [6, 6.07) is 9.06. The molecule has 0 spiro atoms. The van der Waals surface area contributed by atoms with Crippen molar-refractivity contribution in [1.82, 2.24) is 14.8 Å². The number of nitrogens with one attached hydrogen (secondary N) is 1. The van der Waals surface area contributed by atoms with E-state index < -0.39 is 0 Å². The van der Waals surface area contributed by atoms with Gasteiger partial charge in [0, 0.05) is 5.54 Å². The minimum Gasteiger partial charge on any atom is -0.368 e. The summed E-state index contributed by atoms with van der Waals surface area (Å²) in [7, 11) is 0. The normalized spacial score (nSPS) is 11.1. The highest BCUT2D eigenvalue weighted by Crippen LogP contribution is 2.16. The number of anilines is 2. The number of nitrogens with zero attached hydrogens (tertiary/aromatic N) is 4. The summed E-state index contributed by atoms with van der Waals surface area (Å²) in [5.74, 6) is 0.783. The van der Waals surface area contributed by atoms with Gasteiger partial charge in [-0.05, 0) is 45.0 Å². The maximum atomic E-state index is 8.77. The Labute approximate surface area is 111 Å². The molecular formula is C13H16N6. The lowest BCUT2D eigenvalue weighted by Gasteiger charge is -2.18. The van der Waals surface area contributed by atoms with Gasteiger partial charge in [0.05, 0.1) is 17.3 Å². The van der Waals surface area contributed by atoms with Crippen LogP contribution in [0.4, 0.5) is 11.9 Å². The third-order valence-corrected chi connectivity index (χ3v) is 2.36. The summed E-state index contributed by atoms with van der Waals surface area (Å²) in [5.41, 5.74) is 7.07. The summed E-state index contributed by atoms with van der Waals surface area (Å²) >= 11 is 0. The van der Waals surface area contributed by atoms with E-state index in [-0.39, 0.29) is 5.54 Å². The molecule has 0 saturated carbocycles. The predicted molar refractivity (Wildman–Crippen MR) is 73.9 cm³/mol. The first-order chi connectivity index (χ1) is 8.89. The Morgan fingerprint density at radius 3 is 2.42 bits per heavy atom. The molecule has 0 aliphatic carbocycles. The molecule has 2 aromatic rings. The number of benzene rings is 1. The molecule has 6 nitrogen and oxygen atoms in total. The van der Waals surface area contributed by atoms with E-state index in [4.69, 9.17) is 11.0 Å². The van der Waals surface area contributed by atoms with E-state index >= 15 is 0 Å². The van der Waals surface area contributed by atoms with Crippen LogP contribution in [-0.4, -0.2) is 20.3 Å². The van der Waals surface area contributed by atoms with E-state index in [1.165, 1.54) is 4.68 Å². The number of nitrogen functional groups attached to an aromatic ring is 1. The second kappa shape index (κ2) is 4.61. The highest BCUT2D eigenvalue weighted by molar-refractivity contribution is 5.45. The molecule has 0 aliphatic rings. The SMILES string of the molecule is CC(C)(C)Nc1nc(N)n(-c2ccc(C#N)cc2)n1. The molecule has 2 rings (SSSR count). The van der Waals surface area contributed by atoms with Crippen LogP contribution in [0.25, 0.3) is 5.69 Å². The first kappa shape index (κ1) is 12.9. The molecule has 98 valence electrons. The Bertz CT molecular complexity index is 612. The van der Waals surface area contributed by atoms with E-state index in [9.17, 15) is 0 Å². The molecule has 1 aromatic heterocycles. The van der Waals surface area contributed by atoms with Gasteiger partial charge in [0.25, 0.3) is 0 Å². The van der Waals surface area contributed by atoms with E-state index in [1.54, 1.807) is 24.3 Å². The maximum absolute atomic E-state index is 8.77. The Balaban J connectivity index is 2.32. The average Bonchev–Trinajstić information content (AvgIpc) is 2.68. The lowest BCUT2D eigenvalue weighted by molar-refractivity contribution is 0.625. The number of hydrogen-bond donors (Lipinski definition) is 2. The van der Waals surface area contributed by atoms with Gasteiger partial charge in [-0.25, -0.2) is 0 Å². The molecule has 0 aliphatic heterocycles. The van der Waals surface area contributed by atoms with Crippen molar-refractivity contribution in [3.05, 3.63) is 29.8 Å². The highest BCUT2D eigenvalue weighted by Gasteiger charge is 2.15. The molecule has 0 fully saturated rings. The summed E-state index contributed by atoms with van der Waals surface area (Å²) in [6.07, 6.45) is 0. The lowest BCUT2D eigenvalue weighted by atomic mass is 10.1. The largest absolute Gasteiger partial charge is 0.368 e. The maximum Gasteiger partial charge on any atom is 0.244 e. The van der Waals surface area contributed by atoms with Gasteiger partial charge in [0.1, 0.15) is 0 Å². The van der Waals surface area contributed by atoms with Crippen molar-refractivity contribution >= 4 is 11.9 Å². The van der Waals surface area contributed by atoms with Gasteiger partial charge >= 0.3 is 0 Å². The topological polar surface area (TPSA) is 92.5 Å². The Morgan fingerprint density at radius 1 is 1.26 bits per heavy atom. The van der Waals surface area contributed by atoms with E-state index in [0.717, 1.165) is 5.69 Å². The molecule has 19 heavy (non-hydrogen) atoms. The molecule has 3 N–H and O–H groups in total. The van der Waals surface area contributed by atoms with E-state index in [2.05, 4.69) is 21.5 Å². The molecule has 1 heterocycles. The summed E-state index contributed by atoms with van der Waals surface area (Å²) in [6.45, 7) is 6.06. The van der Waals surface area contributed by atoms with Crippen molar-refractivity contribution < 1.29 is 0 Å². The number of rotatable bonds is 2. The number of nitrogens with two attached hydrogens (primary N) is 1. The van der Waals surface area contributed by atoms with Gasteiger partial charge in [-0.1, -0.05) is 0 Å². The van der Waals surface area contributed by atoms with Crippen LogP contribution in [0.2, 0.25) is 0 Å². The zero-order valence-corrected chi connectivity index (χ0v) is 11.2. The van der Waals surface area contributed by atoms with E-state index in [0.29, 0.717) is 17.5 Å². The van der Waals surface area contributed by atoms with Crippen LogP contribution < -0.4 is 11.1 Å². The molecule has 6 heteroatoms. The molecule has 0 bridgehead atoms. The van der Waals surface area contributed by atoms with Crippen LogP contribution in [-0.2, 0) is 0 Å². The second-order valence-corrected chi connectivity index (χ2v) is 5.24. The highest BCUT2D eigenvalue weighted by atomic mass is 15.4. The monoisotopic (exact) mass is 256 g/mol. The third-order valence-electron chi connectivity index (χ3n) is 2.36. The van der Waals surface area contributed by atoms with Gasteiger partial charge in [-0.15, -0.1) is 5.10 Å². The first-order valence-corrected chi connectivity index (χ1v) is 5.90. The van der Waals surface area contributed by atoms with Crippen molar-refractivity contribution in [2.45, 2.75) is 26.3 Å². The molecule has 0 radical (unpaired) electrons. The second-order valence-electron chi connectivity index (χ2n) is 5.24. The van der Waals surface area contributed by atoms with Crippen molar-refractivity contribution in [3.63, 3.8) is 0 Å². The summed E-state index contributed by atoms with van der Waals surface area (Å²) < 4.78 is 1.54. The molecule has 0 unspecified atom stereocenters.